The first-order chi connectivity index (χ1) is 12.4. The highest BCUT2D eigenvalue weighted by Gasteiger charge is 2.32. The lowest BCUT2D eigenvalue weighted by atomic mass is 10.1. The van der Waals surface area contributed by atoms with Crippen LogP contribution >= 0.6 is 23.2 Å². The number of carbonyl (C=O) groups is 1. The minimum absolute atomic E-state index is 0.238. The fourth-order valence-corrected chi connectivity index (χ4v) is 2.73. The Morgan fingerprint density at radius 1 is 0.962 bits per heavy atom. The molecule has 2 rings (SSSR count). The number of rotatable bonds is 10. The zero-order chi connectivity index (χ0) is 19.0. The molecular formula is C20H21Cl2FO3. The minimum Gasteiger partial charge on any atom is -0.489 e. The van der Waals surface area contributed by atoms with Gasteiger partial charge >= 0.3 is 5.97 Å². The van der Waals surface area contributed by atoms with Gasteiger partial charge in [0, 0.05) is 0 Å². The summed E-state index contributed by atoms with van der Waals surface area (Å²) in [5, 5.41) is 8.84. The molecule has 0 unspecified atom stereocenters. The number of hydrogen-bond donors (Lipinski definition) is 1. The van der Waals surface area contributed by atoms with E-state index >= 15 is 0 Å². The molecule has 2 aromatic rings. The Morgan fingerprint density at radius 2 is 1.58 bits per heavy atom. The summed E-state index contributed by atoms with van der Waals surface area (Å²) in [6.07, 6.45) is 3.58. The number of ether oxygens (including phenoxy) is 1. The van der Waals surface area contributed by atoms with E-state index in [0.717, 1.165) is 30.6 Å². The summed E-state index contributed by atoms with van der Waals surface area (Å²) < 4.78 is 16.8. The summed E-state index contributed by atoms with van der Waals surface area (Å²) in [5.74, 6) is -0.700. The lowest BCUT2D eigenvalue weighted by Gasteiger charge is -2.13. The highest BCUT2D eigenvalue weighted by Crippen LogP contribution is 2.28. The summed E-state index contributed by atoms with van der Waals surface area (Å²) in [5.41, 5.74) is 2.09. The summed E-state index contributed by atoms with van der Waals surface area (Å²) in [4.78, 5) is 10.8. The highest BCUT2D eigenvalue weighted by atomic mass is 35.5. The highest BCUT2D eigenvalue weighted by molar-refractivity contribution is 6.57. The predicted molar refractivity (Wildman–Crippen MR) is 101 cm³/mol. The Hall–Kier alpha value is -1.78. The quantitative estimate of drug-likeness (QED) is 0.408. The fourth-order valence-electron chi connectivity index (χ4n) is 2.46. The SMILES string of the molecule is O=C(O)C(Cl)(Cl)CCCCCc1ccc(OCc2ccc(F)cc2)cc1. The second-order valence-corrected chi connectivity index (χ2v) is 7.61. The second-order valence-electron chi connectivity index (χ2n) is 6.13. The van der Waals surface area contributed by atoms with Crippen LogP contribution in [0.1, 0.15) is 36.8 Å². The molecule has 0 fully saturated rings. The Morgan fingerprint density at radius 3 is 2.19 bits per heavy atom. The van der Waals surface area contributed by atoms with Gasteiger partial charge in [0.1, 0.15) is 18.2 Å². The average molecular weight is 399 g/mol. The molecule has 0 spiro atoms. The zero-order valence-electron chi connectivity index (χ0n) is 14.3. The number of unbranched alkanes of at least 4 members (excludes halogenated alkanes) is 2. The van der Waals surface area contributed by atoms with E-state index in [-0.39, 0.29) is 12.2 Å². The molecule has 6 heteroatoms. The van der Waals surface area contributed by atoms with Gasteiger partial charge in [-0.2, -0.15) is 0 Å². The van der Waals surface area contributed by atoms with Crippen molar-refractivity contribution in [3.8, 4) is 5.75 Å². The molecule has 0 bridgehead atoms. The molecule has 0 radical (unpaired) electrons. The zero-order valence-corrected chi connectivity index (χ0v) is 15.8. The molecule has 2 aromatic carbocycles. The van der Waals surface area contributed by atoms with Gasteiger partial charge in [-0.25, -0.2) is 9.18 Å². The van der Waals surface area contributed by atoms with E-state index in [9.17, 15) is 9.18 Å². The molecule has 3 nitrogen and oxygen atoms in total. The molecule has 0 amide bonds. The number of aryl methyl sites for hydroxylation is 1. The Labute approximate surface area is 162 Å². The number of hydrogen-bond acceptors (Lipinski definition) is 2. The first-order valence-electron chi connectivity index (χ1n) is 8.44. The van der Waals surface area contributed by atoms with E-state index in [2.05, 4.69) is 0 Å². The normalized spacial score (nSPS) is 11.3. The van der Waals surface area contributed by atoms with Crippen molar-refractivity contribution in [3.63, 3.8) is 0 Å². The molecule has 0 saturated carbocycles. The number of aliphatic carboxylic acids is 1. The smallest absolute Gasteiger partial charge is 0.340 e. The van der Waals surface area contributed by atoms with Gasteiger partial charge in [0.05, 0.1) is 0 Å². The van der Waals surface area contributed by atoms with Crippen molar-refractivity contribution < 1.29 is 19.0 Å². The molecule has 140 valence electrons. The van der Waals surface area contributed by atoms with Crippen molar-refractivity contribution in [1.29, 1.82) is 0 Å². The monoisotopic (exact) mass is 398 g/mol. The summed E-state index contributed by atoms with van der Waals surface area (Å²) >= 11 is 11.4. The fraction of sp³-hybridized carbons (Fsp3) is 0.350. The number of carboxylic acid groups (broad SMARTS) is 1. The van der Waals surface area contributed by atoms with Gasteiger partial charge in [0.2, 0.25) is 4.33 Å². The molecule has 0 heterocycles. The van der Waals surface area contributed by atoms with E-state index < -0.39 is 10.3 Å². The largest absolute Gasteiger partial charge is 0.489 e. The van der Waals surface area contributed by atoms with Gasteiger partial charge in [-0.15, -0.1) is 0 Å². The predicted octanol–water partition coefficient (Wildman–Crippen LogP) is 5.77. The molecule has 0 aromatic heterocycles. The lowest BCUT2D eigenvalue weighted by Crippen LogP contribution is -2.25. The van der Waals surface area contributed by atoms with Gasteiger partial charge < -0.3 is 9.84 Å². The van der Waals surface area contributed by atoms with Gasteiger partial charge in [-0.3, -0.25) is 0 Å². The maximum absolute atomic E-state index is 12.9. The minimum atomic E-state index is -1.69. The number of carboxylic acids is 1. The Balaban J connectivity index is 1.69. The Kier molecular flexibility index (Phi) is 7.73. The van der Waals surface area contributed by atoms with E-state index in [1.165, 1.54) is 17.7 Å². The Bertz CT molecular complexity index is 700. The van der Waals surface area contributed by atoms with Crippen molar-refractivity contribution in [3.05, 3.63) is 65.5 Å². The number of alkyl halides is 2. The van der Waals surface area contributed by atoms with Crippen LogP contribution in [-0.2, 0) is 17.8 Å². The van der Waals surface area contributed by atoms with Crippen molar-refractivity contribution >= 4 is 29.2 Å². The maximum atomic E-state index is 12.9. The van der Waals surface area contributed by atoms with Crippen LogP contribution in [0.25, 0.3) is 0 Å². The van der Waals surface area contributed by atoms with Crippen molar-refractivity contribution in [2.45, 2.75) is 43.0 Å². The molecule has 0 aliphatic carbocycles. The summed E-state index contributed by atoms with van der Waals surface area (Å²) in [7, 11) is 0. The first-order valence-corrected chi connectivity index (χ1v) is 9.20. The van der Waals surface area contributed by atoms with Crippen LogP contribution < -0.4 is 4.74 Å². The third-order valence-electron chi connectivity index (χ3n) is 4.01. The topological polar surface area (TPSA) is 46.5 Å². The van der Waals surface area contributed by atoms with Crippen LogP contribution in [0.15, 0.2) is 48.5 Å². The third-order valence-corrected chi connectivity index (χ3v) is 4.71. The lowest BCUT2D eigenvalue weighted by molar-refractivity contribution is -0.138. The van der Waals surface area contributed by atoms with E-state index in [4.69, 9.17) is 33.0 Å². The maximum Gasteiger partial charge on any atom is 0.340 e. The van der Waals surface area contributed by atoms with Crippen LogP contribution in [0.2, 0.25) is 0 Å². The molecule has 1 N–H and O–H groups in total. The van der Waals surface area contributed by atoms with Crippen LogP contribution in [0, 0.1) is 5.82 Å². The molecule has 0 saturated heterocycles. The van der Waals surface area contributed by atoms with Crippen LogP contribution in [0.3, 0.4) is 0 Å². The number of halogens is 3. The second kappa shape index (κ2) is 9.79. The standard InChI is InChI=1S/C20H21Cl2FO3/c21-20(22,19(24)25)13-3-1-2-4-15-7-11-18(12-8-15)26-14-16-5-9-17(23)10-6-16/h5-12H,1-4,13-14H2,(H,24,25). The molecule has 26 heavy (non-hydrogen) atoms. The van der Waals surface area contributed by atoms with Crippen molar-refractivity contribution in [2.75, 3.05) is 0 Å². The molecule has 0 aliphatic rings. The first kappa shape index (κ1) is 20.5. The molecular weight excluding hydrogens is 378 g/mol. The van der Waals surface area contributed by atoms with Crippen LogP contribution in [-0.4, -0.2) is 15.4 Å². The molecule has 0 aliphatic heterocycles. The average Bonchev–Trinajstić information content (AvgIpc) is 2.62. The third kappa shape index (κ3) is 6.85. The van der Waals surface area contributed by atoms with Gasteiger partial charge in [0.15, 0.2) is 0 Å². The van der Waals surface area contributed by atoms with Crippen molar-refractivity contribution in [2.24, 2.45) is 0 Å². The van der Waals surface area contributed by atoms with Crippen LogP contribution in [0.5, 0.6) is 5.75 Å². The van der Waals surface area contributed by atoms with Gasteiger partial charge in [0.25, 0.3) is 0 Å². The van der Waals surface area contributed by atoms with Crippen LogP contribution in [0.4, 0.5) is 4.39 Å². The number of benzene rings is 2. The van der Waals surface area contributed by atoms with Crippen molar-refractivity contribution in [1.82, 2.24) is 0 Å². The summed E-state index contributed by atoms with van der Waals surface area (Å²) in [6, 6.07) is 14.1. The summed E-state index contributed by atoms with van der Waals surface area (Å²) in [6.45, 7) is 0.391. The van der Waals surface area contributed by atoms with E-state index in [1.807, 2.05) is 24.3 Å². The van der Waals surface area contributed by atoms with Gasteiger partial charge in [-0.05, 0) is 61.1 Å². The molecule has 0 atom stereocenters. The van der Waals surface area contributed by atoms with E-state index in [0.29, 0.717) is 13.0 Å². The van der Waals surface area contributed by atoms with E-state index in [1.54, 1.807) is 12.1 Å². The van der Waals surface area contributed by atoms with Gasteiger partial charge in [-0.1, -0.05) is 53.9 Å².